The van der Waals surface area contributed by atoms with E-state index in [1.54, 1.807) is 0 Å². The van der Waals surface area contributed by atoms with Crippen molar-refractivity contribution < 1.29 is 0 Å². The average Bonchev–Trinajstić information content (AvgIpc) is 2.32. The molecule has 0 saturated heterocycles. The number of nitrogens with two attached hydrogens (primary N) is 1. The summed E-state index contributed by atoms with van der Waals surface area (Å²) < 4.78 is 1.00. The van der Waals surface area contributed by atoms with Crippen molar-refractivity contribution in [3.8, 4) is 0 Å². The van der Waals surface area contributed by atoms with Crippen molar-refractivity contribution in [2.24, 2.45) is 5.73 Å². The van der Waals surface area contributed by atoms with E-state index in [4.69, 9.17) is 17.3 Å². The number of hydrogen-bond donors (Lipinski definition) is 1. The zero-order valence-corrected chi connectivity index (χ0v) is 12.5. The van der Waals surface area contributed by atoms with Gasteiger partial charge in [-0.15, -0.1) is 0 Å². The number of hydrogen-bond acceptors (Lipinski definition) is 1. The minimum Gasteiger partial charge on any atom is -0.324 e. The summed E-state index contributed by atoms with van der Waals surface area (Å²) in [4.78, 5) is 0. The van der Waals surface area contributed by atoms with Crippen LogP contribution in [0.2, 0.25) is 5.02 Å². The molecule has 1 unspecified atom stereocenters. The molecule has 0 bridgehead atoms. The predicted molar refractivity (Wildman–Crippen MR) is 81.0 cm³/mol. The van der Waals surface area contributed by atoms with Gasteiger partial charge >= 0.3 is 0 Å². The molecular formula is C15H15BrClN. The van der Waals surface area contributed by atoms with Gasteiger partial charge in [-0.25, -0.2) is 0 Å². The van der Waals surface area contributed by atoms with Crippen LogP contribution in [-0.4, -0.2) is 0 Å². The van der Waals surface area contributed by atoms with E-state index >= 15 is 0 Å². The van der Waals surface area contributed by atoms with Crippen molar-refractivity contribution in [1.29, 1.82) is 0 Å². The largest absolute Gasteiger partial charge is 0.324 e. The van der Waals surface area contributed by atoms with Gasteiger partial charge in [-0.05, 0) is 42.7 Å². The first-order chi connectivity index (χ1) is 8.56. The number of benzene rings is 2. The van der Waals surface area contributed by atoms with Crippen LogP contribution in [0.25, 0.3) is 0 Å². The van der Waals surface area contributed by atoms with E-state index in [0.717, 1.165) is 21.5 Å². The van der Waals surface area contributed by atoms with Crippen LogP contribution < -0.4 is 5.73 Å². The number of halogens is 2. The highest BCUT2D eigenvalue weighted by molar-refractivity contribution is 9.10. The fourth-order valence-electron chi connectivity index (χ4n) is 2.00. The minimum absolute atomic E-state index is 0.0863. The molecule has 0 aliphatic carbocycles. The third kappa shape index (κ3) is 3.35. The highest BCUT2D eigenvalue weighted by Gasteiger charge is 2.11. The third-order valence-corrected chi connectivity index (χ3v) is 3.73. The van der Waals surface area contributed by atoms with Crippen LogP contribution in [0, 0.1) is 6.92 Å². The molecule has 0 radical (unpaired) electrons. The van der Waals surface area contributed by atoms with Crippen LogP contribution in [0.5, 0.6) is 0 Å². The zero-order valence-electron chi connectivity index (χ0n) is 10.2. The molecule has 2 aromatic rings. The minimum atomic E-state index is -0.0863. The van der Waals surface area contributed by atoms with Gasteiger partial charge in [0.15, 0.2) is 0 Å². The fraction of sp³-hybridized carbons (Fsp3) is 0.200. The molecule has 3 heteroatoms. The molecule has 94 valence electrons. The molecular weight excluding hydrogens is 310 g/mol. The molecule has 0 heterocycles. The van der Waals surface area contributed by atoms with E-state index in [9.17, 15) is 0 Å². The van der Waals surface area contributed by atoms with Crippen LogP contribution >= 0.6 is 27.5 Å². The Morgan fingerprint density at radius 2 is 2.00 bits per heavy atom. The molecule has 0 aromatic heterocycles. The molecule has 1 nitrogen and oxygen atoms in total. The van der Waals surface area contributed by atoms with Crippen molar-refractivity contribution >= 4 is 27.5 Å². The van der Waals surface area contributed by atoms with Crippen LogP contribution in [0.15, 0.2) is 46.9 Å². The maximum Gasteiger partial charge on any atom is 0.0454 e. The quantitative estimate of drug-likeness (QED) is 0.873. The van der Waals surface area contributed by atoms with Crippen molar-refractivity contribution in [3.63, 3.8) is 0 Å². The van der Waals surface area contributed by atoms with E-state index in [1.165, 1.54) is 11.1 Å². The first-order valence-electron chi connectivity index (χ1n) is 5.82. The Bertz CT molecular complexity index is 554. The second-order valence-electron chi connectivity index (χ2n) is 4.47. The molecule has 1 atom stereocenters. The molecule has 2 aromatic carbocycles. The summed E-state index contributed by atoms with van der Waals surface area (Å²) in [6.45, 7) is 2.08. The van der Waals surface area contributed by atoms with Crippen molar-refractivity contribution in [2.45, 2.75) is 19.4 Å². The topological polar surface area (TPSA) is 26.0 Å². The van der Waals surface area contributed by atoms with Crippen molar-refractivity contribution in [3.05, 3.63) is 68.7 Å². The first-order valence-corrected chi connectivity index (χ1v) is 6.99. The van der Waals surface area contributed by atoms with E-state index in [-0.39, 0.29) is 6.04 Å². The summed E-state index contributed by atoms with van der Waals surface area (Å²) in [5, 5.41) is 0.721. The SMILES string of the molecule is Cc1cccc(CC(N)c2cc(Br)ccc2Cl)c1. The lowest BCUT2D eigenvalue weighted by Gasteiger charge is -2.14. The molecule has 0 amide bonds. The monoisotopic (exact) mass is 323 g/mol. The van der Waals surface area contributed by atoms with E-state index in [1.807, 2.05) is 18.2 Å². The standard InChI is InChI=1S/C15H15BrClN/c1-10-3-2-4-11(7-10)8-15(18)13-9-12(16)5-6-14(13)17/h2-7,9,15H,8,18H2,1H3. The highest BCUT2D eigenvalue weighted by atomic mass is 79.9. The van der Waals surface area contributed by atoms with Gasteiger partial charge < -0.3 is 5.73 Å². The summed E-state index contributed by atoms with van der Waals surface area (Å²) >= 11 is 9.64. The Balaban J connectivity index is 2.21. The third-order valence-electron chi connectivity index (χ3n) is 2.90. The summed E-state index contributed by atoms with van der Waals surface area (Å²) in [5.74, 6) is 0. The predicted octanol–water partition coefficient (Wildman–Crippen LogP) is 4.65. The van der Waals surface area contributed by atoms with Gasteiger partial charge in [0.25, 0.3) is 0 Å². The van der Waals surface area contributed by atoms with Gasteiger partial charge in [0.2, 0.25) is 0 Å². The Kier molecular flexibility index (Phi) is 4.44. The summed E-state index contributed by atoms with van der Waals surface area (Å²) in [6, 6.07) is 14.1. The Labute approximate surface area is 121 Å². The normalized spacial score (nSPS) is 12.4. The first kappa shape index (κ1) is 13.6. The van der Waals surface area contributed by atoms with Gasteiger partial charge in [-0.1, -0.05) is 57.4 Å². The van der Waals surface area contributed by atoms with Gasteiger partial charge in [-0.3, -0.25) is 0 Å². The smallest absolute Gasteiger partial charge is 0.0454 e. The van der Waals surface area contributed by atoms with Crippen LogP contribution in [-0.2, 0) is 6.42 Å². The lowest BCUT2D eigenvalue weighted by atomic mass is 9.99. The van der Waals surface area contributed by atoms with Gasteiger partial charge in [0.1, 0.15) is 0 Å². The molecule has 18 heavy (non-hydrogen) atoms. The lowest BCUT2D eigenvalue weighted by Crippen LogP contribution is -2.14. The van der Waals surface area contributed by atoms with Crippen LogP contribution in [0.1, 0.15) is 22.7 Å². The van der Waals surface area contributed by atoms with Gasteiger partial charge in [-0.2, -0.15) is 0 Å². The second kappa shape index (κ2) is 5.87. The highest BCUT2D eigenvalue weighted by Crippen LogP contribution is 2.27. The van der Waals surface area contributed by atoms with Gasteiger partial charge in [0, 0.05) is 15.5 Å². The summed E-state index contributed by atoms with van der Waals surface area (Å²) in [6.07, 6.45) is 0.790. The second-order valence-corrected chi connectivity index (χ2v) is 5.79. The van der Waals surface area contributed by atoms with E-state index < -0.39 is 0 Å². The van der Waals surface area contributed by atoms with E-state index in [0.29, 0.717) is 0 Å². The van der Waals surface area contributed by atoms with Crippen LogP contribution in [0.3, 0.4) is 0 Å². The Morgan fingerprint density at radius 1 is 1.22 bits per heavy atom. The average molecular weight is 325 g/mol. The molecule has 2 rings (SSSR count). The fourth-order valence-corrected chi connectivity index (χ4v) is 2.64. The Morgan fingerprint density at radius 3 is 2.72 bits per heavy atom. The summed E-state index contributed by atoms with van der Waals surface area (Å²) in [5.41, 5.74) is 9.71. The van der Waals surface area contributed by atoms with Crippen molar-refractivity contribution in [1.82, 2.24) is 0 Å². The molecule has 2 N–H and O–H groups in total. The maximum atomic E-state index is 6.24. The number of aryl methyl sites for hydroxylation is 1. The van der Waals surface area contributed by atoms with Gasteiger partial charge in [0.05, 0.1) is 0 Å². The van der Waals surface area contributed by atoms with Crippen molar-refractivity contribution in [2.75, 3.05) is 0 Å². The molecule has 0 aliphatic rings. The Hall–Kier alpha value is -0.830. The van der Waals surface area contributed by atoms with Crippen LogP contribution in [0.4, 0.5) is 0 Å². The summed E-state index contributed by atoms with van der Waals surface area (Å²) in [7, 11) is 0. The lowest BCUT2D eigenvalue weighted by molar-refractivity contribution is 0.721. The molecule has 0 spiro atoms. The van der Waals surface area contributed by atoms with E-state index in [2.05, 4.69) is 47.1 Å². The molecule has 0 fully saturated rings. The zero-order chi connectivity index (χ0) is 13.1. The molecule has 0 aliphatic heterocycles. The molecule has 0 saturated carbocycles. The number of rotatable bonds is 3. The maximum absolute atomic E-state index is 6.24.